The predicted octanol–water partition coefficient (Wildman–Crippen LogP) is 1.39. The highest BCUT2D eigenvalue weighted by atomic mass is 32.2. The van der Waals surface area contributed by atoms with Crippen molar-refractivity contribution < 1.29 is 17.9 Å². The van der Waals surface area contributed by atoms with Gasteiger partial charge in [-0.3, -0.25) is 9.52 Å². The van der Waals surface area contributed by atoms with E-state index in [1.54, 1.807) is 18.2 Å². The molecular weight excluding hydrogens is 318 g/mol. The zero-order chi connectivity index (χ0) is 17.0. The molecule has 1 aliphatic rings. The molecule has 8 heteroatoms. The zero-order valence-corrected chi connectivity index (χ0v) is 14.4. The normalized spacial score (nSPS) is 21.5. The van der Waals surface area contributed by atoms with Crippen LogP contribution in [0, 0.1) is 5.92 Å². The Kier molecular flexibility index (Phi) is 5.48. The fourth-order valence-corrected chi connectivity index (χ4v) is 3.24. The molecular formula is C15H23N3O4S. The summed E-state index contributed by atoms with van der Waals surface area (Å²) in [6.07, 6.45) is 2.64. The molecule has 3 N–H and O–H groups in total. The van der Waals surface area contributed by atoms with Crippen LogP contribution in [0.25, 0.3) is 0 Å². The Morgan fingerprint density at radius 2 is 2.13 bits per heavy atom. The maximum Gasteiger partial charge on any atom is 0.229 e. The molecule has 1 aromatic carbocycles. The largest absolute Gasteiger partial charge is 0.495 e. The van der Waals surface area contributed by atoms with Gasteiger partial charge >= 0.3 is 0 Å². The van der Waals surface area contributed by atoms with Gasteiger partial charge in [0.25, 0.3) is 0 Å². The van der Waals surface area contributed by atoms with E-state index in [4.69, 9.17) is 4.74 Å². The summed E-state index contributed by atoms with van der Waals surface area (Å²) in [7, 11) is -1.98. The fraction of sp³-hybridized carbons (Fsp3) is 0.533. The third-order valence-corrected chi connectivity index (χ3v) is 4.35. The maximum atomic E-state index is 12.4. The van der Waals surface area contributed by atoms with Crippen LogP contribution < -0.4 is 20.1 Å². The molecule has 1 amide bonds. The molecule has 1 aliphatic heterocycles. The molecule has 0 radical (unpaired) electrons. The van der Waals surface area contributed by atoms with Gasteiger partial charge in [0, 0.05) is 17.6 Å². The smallest absolute Gasteiger partial charge is 0.229 e. The average molecular weight is 341 g/mol. The van der Waals surface area contributed by atoms with Crippen molar-refractivity contribution in [2.75, 3.05) is 29.9 Å². The van der Waals surface area contributed by atoms with Crippen LogP contribution in [0.5, 0.6) is 5.75 Å². The van der Waals surface area contributed by atoms with Gasteiger partial charge in [0.05, 0.1) is 19.1 Å². The van der Waals surface area contributed by atoms with Gasteiger partial charge in [-0.15, -0.1) is 0 Å². The molecule has 0 spiro atoms. The number of amides is 1. The van der Waals surface area contributed by atoms with Crippen LogP contribution >= 0.6 is 0 Å². The van der Waals surface area contributed by atoms with Crippen LogP contribution in [0.3, 0.4) is 0 Å². The van der Waals surface area contributed by atoms with Gasteiger partial charge in [-0.05, 0) is 44.5 Å². The number of hydrogen-bond donors (Lipinski definition) is 3. The van der Waals surface area contributed by atoms with Gasteiger partial charge in [-0.1, -0.05) is 0 Å². The fourth-order valence-electron chi connectivity index (χ4n) is 2.68. The molecule has 0 aliphatic carbocycles. The van der Waals surface area contributed by atoms with Crippen LogP contribution in [0.15, 0.2) is 18.2 Å². The Morgan fingerprint density at radius 3 is 2.74 bits per heavy atom. The van der Waals surface area contributed by atoms with E-state index in [0.29, 0.717) is 23.2 Å². The highest BCUT2D eigenvalue weighted by Gasteiger charge is 2.24. The maximum absolute atomic E-state index is 12.4. The molecule has 2 rings (SSSR count). The number of hydrogen-bond acceptors (Lipinski definition) is 5. The number of piperidine rings is 1. The molecule has 1 fully saturated rings. The number of anilines is 2. The number of carbonyl (C=O) groups excluding carboxylic acids is 1. The van der Waals surface area contributed by atoms with Crippen molar-refractivity contribution in [3.63, 3.8) is 0 Å². The first kappa shape index (κ1) is 17.6. The minimum atomic E-state index is -3.43. The Hall–Kier alpha value is -1.80. The lowest BCUT2D eigenvalue weighted by atomic mass is 9.92. The second-order valence-corrected chi connectivity index (χ2v) is 7.60. The Morgan fingerprint density at radius 1 is 1.39 bits per heavy atom. The number of nitrogens with one attached hydrogen (secondary N) is 3. The first-order valence-corrected chi connectivity index (χ1v) is 9.37. The molecule has 7 nitrogen and oxygen atoms in total. The van der Waals surface area contributed by atoms with E-state index < -0.39 is 10.0 Å². The molecule has 1 saturated heterocycles. The van der Waals surface area contributed by atoms with E-state index in [2.05, 4.69) is 22.3 Å². The number of sulfonamides is 1. The van der Waals surface area contributed by atoms with Crippen molar-refractivity contribution in [2.24, 2.45) is 5.92 Å². The van der Waals surface area contributed by atoms with E-state index in [0.717, 1.165) is 25.6 Å². The summed E-state index contributed by atoms with van der Waals surface area (Å²) >= 11 is 0. The minimum Gasteiger partial charge on any atom is -0.495 e. The SMILES string of the molecule is COc1ccc(NC(=O)[C@H]2CCN[C@@H](C)C2)cc1NS(C)(=O)=O. The van der Waals surface area contributed by atoms with Crippen molar-refractivity contribution in [3.05, 3.63) is 18.2 Å². The van der Waals surface area contributed by atoms with Crippen LogP contribution in [-0.2, 0) is 14.8 Å². The standard InChI is InChI=1S/C15H23N3O4S/c1-10-8-11(6-7-16-10)15(19)17-12-4-5-14(22-2)13(9-12)18-23(3,20)21/h4-5,9-11,16,18H,6-8H2,1-3H3,(H,17,19)/t10-,11-/m0/s1. The van der Waals surface area contributed by atoms with Crippen LogP contribution in [0.2, 0.25) is 0 Å². The summed E-state index contributed by atoms with van der Waals surface area (Å²) in [5.74, 6) is 0.303. The number of ether oxygens (including phenoxy) is 1. The van der Waals surface area contributed by atoms with Gasteiger partial charge in [0.15, 0.2) is 0 Å². The second-order valence-electron chi connectivity index (χ2n) is 5.86. The lowest BCUT2D eigenvalue weighted by molar-refractivity contribution is -0.120. The van der Waals surface area contributed by atoms with Gasteiger partial charge in [-0.25, -0.2) is 8.42 Å². The highest BCUT2D eigenvalue weighted by Crippen LogP contribution is 2.29. The molecule has 0 saturated carbocycles. The summed E-state index contributed by atoms with van der Waals surface area (Å²) in [5.41, 5.74) is 0.833. The second kappa shape index (κ2) is 7.18. The van der Waals surface area contributed by atoms with Crippen LogP contribution in [-0.4, -0.2) is 40.3 Å². The van der Waals surface area contributed by atoms with Crippen molar-refractivity contribution in [2.45, 2.75) is 25.8 Å². The molecule has 0 bridgehead atoms. The van der Waals surface area contributed by atoms with E-state index in [1.807, 2.05) is 0 Å². The van der Waals surface area contributed by atoms with E-state index >= 15 is 0 Å². The highest BCUT2D eigenvalue weighted by molar-refractivity contribution is 7.92. The monoisotopic (exact) mass is 341 g/mol. The van der Waals surface area contributed by atoms with Crippen LogP contribution in [0.1, 0.15) is 19.8 Å². The zero-order valence-electron chi connectivity index (χ0n) is 13.5. The summed E-state index contributed by atoms with van der Waals surface area (Å²) < 4.78 is 30.4. The quantitative estimate of drug-likeness (QED) is 0.752. The van der Waals surface area contributed by atoms with Gasteiger partial charge in [-0.2, -0.15) is 0 Å². The Bertz CT molecular complexity index is 675. The molecule has 1 aromatic rings. The number of benzene rings is 1. The summed E-state index contributed by atoms with van der Waals surface area (Å²) in [5, 5.41) is 6.16. The lowest BCUT2D eigenvalue weighted by Gasteiger charge is -2.27. The van der Waals surface area contributed by atoms with Crippen LogP contribution in [0.4, 0.5) is 11.4 Å². The summed E-state index contributed by atoms with van der Waals surface area (Å²) in [6, 6.07) is 5.18. The molecule has 0 aromatic heterocycles. The molecule has 23 heavy (non-hydrogen) atoms. The van der Waals surface area contributed by atoms with Crippen molar-refractivity contribution in [3.8, 4) is 5.75 Å². The van der Waals surface area contributed by atoms with E-state index in [9.17, 15) is 13.2 Å². The Balaban J connectivity index is 2.13. The summed E-state index contributed by atoms with van der Waals surface area (Å²) in [6.45, 7) is 2.88. The predicted molar refractivity (Wildman–Crippen MR) is 90.3 cm³/mol. The molecule has 1 heterocycles. The van der Waals surface area contributed by atoms with Gasteiger partial charge in [0.2, 0.25) is 15.9 Å². The molecule has 128 valence electrons. The first-order valence-electron chi connectivity index (χ1n) is 7.48. The third-order valence-electron chi connectivity index (χ3n) is 3.76. The van der Waals surface area contributed by atoms with Crippen molar-refractivity contribution >= 4 is 27.3 Å². The molecule has 2 atom stereocenters. The van der Waals surface area contributed by atoms with E-state index in [-0.39, 0.29) is 11.8 Å². The van der Waals surface area contributed by atoms with Crippen molar-refractivity contribution in [1.82, 2.24) is 5.32 Å². The minimum absolute atomic E-state index is 0.0420. The molecule has 0 unspecified atom stereocenters. The first-order chi connectivity index (χ1) is 10.8. The average Bonchev–Trinajstić information content (AvgIpc) is 2.46. The number of carbonyl (C=O) groups is 1. The van der Waals surface area contributed by atoms with E-state index in [1.165, 1.54) is 7.11 Å². The lowest BCUT2D eigenvalue weighted by Crippen LogP contribution is -2.40. The number of rotatable bonds is 5. The summed E-state index contributed by atoms with van der Waals surface area (Å²) in [4.78, 5) is 12.4. The third kappa shape index (κ3) is 5.11. The van der Waals surface area contributed by atoms with Gasteiger partial charge < -0.3 is 15.4 Å². The van der Waals surface area contributed by atoms with Crippen molar-refractivity contribution in [1.29, 1.82) is 0 Å². The number of methoxy groups -OCH3 is 1. The van der Waals surface area contributed by atoms with Gasteiger partial charge in [0.1, 0.15) is 5.75 Å². The topological polar surface area (TPSA) is 96.5 Å². The Labute approximate surface area is 136 Å².